The van der Waals surface area contributed by atoms with Gasteiger partial charge < -0.3 is 0 Å². The molecule has 0 radical (unpaired) electrons. The molecule has 1 aromatic carbocycles. The fourth-order valence-corrected chi connectivity index (χ4v) is 2.83. The molecule has 26 heavy (non-hydrogen) atoms. The molecular weight excluding hydrogens is 318 g/mol. The smallest absolute Gasteiger partial charge is 0.0900 e. The van der Waals surface area contributed by atoms with Crippen LogP contribution in [0, 0.1) is 0 Å². The third kappa shape index (κ3) is 3.28. The lowest BCUT2D eigenvalue weighted by Gasteiger charge is -2.10. The summed E-state index contributed by atoms with van der Waals surface area (Å²) in [5.74, 6) is 0. The van der Waals surface area contributed by atoms with Gasteiger partial charge in [-0.25, -0.2) is 4.98 Å². The Morgan fingerprint density at radius 2 is 1.27 bits per heavy atom. The first-order valence-corrected chi connectivity index (χ1v) is 8.41. The maximum absolute atomic E-state index is 4.80. The van der Waals surface area contributed by atoms with E-state index in [2.05, 4.69) is 40.8 Å². The number of aromatic nitrogens is 3. The standard InChI is InChI=1S/C23H17N3/c1-2-17-8-7-9-18(14-17)19-15-22(20-10-3-5-12-24-20)26-23(16-19)21-11-4-6-13-25-21/h2-16H,1H2. The van der Waals surface area contributed by atoms with Gasteiger partial charge in [-0.05, 0) is 59.2 Å². The molecular formula is C23H17N3. The number of benzene rings is 1. The highest BCUT2D eigenvalue weighted by Gasteiger charge is 2.10. The van der Waals surface area contributed by atoms with Gasteiger partial charge in [0.15, 0.2) is 0 Å². The van der Waals surface area contributed by atoms with Crippen LogP contribution < -0.4 is 0 Å². The topological polar surface area (TPSA) is 38.7 Å². The molecule has 0 spiro atoms. The van der Waals surface area contributed by atoms with Crippen molar-refractivity contribution in [2.45, 2.75) is 0 Å². The van der Waals surface area contributed by atoms with E-state index in [1.54, 1.807) is 12.4 Å². The van der Waals surface area contributed by atoms with Crippen LogP contribution in [0.2, 0.25) is 0 Å². The summed E-state index contributed by atoms with van der Waals surface area (Å²) in [4.78, 5) is 13.7. The summed E-state index contributed by atoms with van der Waals surface area (Å²) in [6.45, 7) is 3.86. The van der Waals surface area contributed by atoms with Crippen LogP contribution in [0.4, 0.5) is 0 Å². The van der Waals surface area contributed by atoms with Gasteiger partial charge >= 0.3 is 0 Å². The lowest BCUT2D eigenvalue weighted by Crippen LogP contribution is -1.94. The van der Waals surface area contributed by atoms with E-state index < -0.39 is 0 Å². The van der Waals surface area contributed by atoms with E-state index in [1.807, 2.05) is 54.6 Å². The molecule has 0 amide bonds. The van der Waals surface area contributed by atoms with Crippen LogP contribution in [0.1, 0.15) is 5.56 Å². The number of hydrogen-bond acceptors (Lipinski definition) is 3. The second-order valence-electron chi connectivity index (χ2n) is 5.89. The van der Waals surface area contributed by atoms with Crippen LogP contribution in [-0.2, 0) is 0 Å². The third-order valence-electron chi connectivity index (χ3n) is 4.14. The molecule has 3 aromatic heterocycles. The van der Waals surface area contributed by atoms with Crippen LogP contribution in [0.5, 0.6) is 0 Å². The molecule has 0 N–H and O–H groups in total. The molecule has 4 rings (SSSR count). The highest BCUT2D eigenvalue weighted by molar-refractivity contribution is 5.75. The van der Waals surface area contributed by atoms with E-state index in [9.17, 15) is 0 Å². The van der Waals surface area contributed by atoms with Gasteiger partial charge in [0.25, 0.3) is 0 Å². The van der Waals surface area contributed by atoms with Gasteiger partial charge in [0.05, 0.1) is 22.8 Å². The fraction of sp³-hybridized carbons (Fsp3) is 0. The summed E-state index contributed by atoms with van der Waals surface area (Å²) in [6.07, 6.45) is 5.41. The second kappa shape index (κ2) is 7.11. The van der Waals surface area contributed by atoms with Crippen molar-refractivity contribution in [2.75, 3.05) is 0 Å². The Bertz CT molecular complexity index is 984. The first kappa shape index (κ1) is 15.9. The molecule has 0 saturated heterocycles. The van der Waals surface area contributed by atoms with Gasteiger partial charge in [-0.2, -0.15) is 0 Å². The number of rotatable bonds is 4. The lowest BCUT2D eigenvalue weighted by atomic mass is 10.0. The van der Waals surface area contributed by atoms with E-state index >= 15 is 0 Å². The summed E-state index contributed by atoms with van der Waals surface area (Å²) in [5, 5.41) is 0. The predicted molar refractivity (Wildman–Crippen MR) is 106 cm³/mol. The van der Waals surface area contributed by atoms with Crippen molar-refractivity contribution in [3.8, 4) is 33.9 Å². The minimum atomic E-state index is 0.827. The minimum absolute atomic E-state index is 0.827. The molecule has 0 bridgehead atoms. The van der Waals surface area contributed by atoms with Gasteiger partial charge in [0.2, 0.25) is 0 Å². The molecule has 3 nitrogen and oxygen atoms in total. The molecule has 0 fully saturated rings. The Labute approximate surface area is 152 Å². The Morgan fingerprint density at radius 3 is 1.81 bits per heavy atom. The molecule has 0 aliphatic rings. The summed E-state index contributed by atoms with van der Waals surface area (Å²) in [6, 6.07) is 24.1. The normalized spacial score (nSPS) is 10.5. The van der Waals surface area contributed by atoms with E-state index in [1.165, 1.54) is 0 Å². The molecule has 3 heterocycles. The molecule has 4 aromatic rings. The summed E-state index contributed by atoms with van der Waals surface area (Å²) in [7, 11) is 0. The molecule has 124 valence electrons. The van der Waals surface area contributed by atoms with E-state index in [0.717, 1.165) is 39.5 Å². The van der Waals surface area contributed by atoms with Crippen LogP contribution in [0.15, 0.2) is 91.8 Å². The molecule has 0 saturated carbocycles. The Hall–Kier alpha value is -3.59. The van der Waals surface area contributed by atoms with E-state index in [-0.39, 0.29) is 0 Å². The largest absolute Gasteiger partial charge is 0.255 e. The first-order valence-electron chi connectivity index (χ1n) is 8.41. The number of nitrogens with zero attached hydrogens (tertiary/aromatic N) is 3. The second-order valence-corrected chi connectivity index (χ2v) is 5.89. The van der Waals surface area contributed by atoms with Crippen molar-refractivity contribution < 1.29 is 0 Å². The summed E-state index contributed by atoms with van der Waals surface area (Å²) in [5.41, 5.74) is 6.60. The van der Waals surface area contributed by atoms with Gasteiger partial charge in [-0.15, -0.1) is 0 Å². The number of pyridine rings is 3. The van der Waals surface area contributed by atoms with E-state index in [4.69, 9.17) is 4.98 Å². The highest BCUT2D eigenvalue weighted by atomic mass is 14.8. The Balaban J connectivity index is 1.92. The monoisotopic (exact) mass is 335 g/mol. The van der Waals surface area contributed by atoms with Crippen LogP contribution in [0.3, 0.4) is 0 Å². The quantitative estimate of drug-likeness (QED) is 0.493. The Kier molecular flexibility index (Phi) is 4.35. The van der Waals surface area contributed by atoms with Gasteiger partial charge in [0, 0.05) is 12.4 Å². The lowest BCUT2D eigenvalue weighted by molar-refractivity contribution is 1.22. The predicted octanol–water partition coefficient (Wildman–Crippen LogP) is 5.52. The van der Waals surface area contributed by atoms with Crippen LogP contribution in [-0.4, -0.2) is 15.0 Å². The maximum atomic E-state index is 4.80. The summed E-state index contributed by atoms with van der Waals surface area (Å²) >= 11 is 0. The SMILES string of the molecule is C=Cc1cccc(-c2cc(-c3ccccn3)nc(-c3ccccn3)c2)c1. The molecule has 0 aliphatic carbocycles. The van der Waals surface area contributed by atoms with Crippen LogP contribution in [0.25, 0.3) is 40.0 Å². The zero-order valence-electron chi connectivity index (χ0n) is 14.2. The molecule has 0 unspecified atom stereocenters. The van der Waals surface area contributed by atoms with Gasteiger partial charge in [-0.1, -0.05) is 43.0 Å². The average Bonchev–Trinajstić information content (AvgIpc) is 2.75. The van der Waals surface area contributed by atoms with Crippen molar-refractivity contribution in [1.82, 2.24) is 15.0 Å². The zero-order valence-corrected chi connectivity index (χ0v) is 14.2. The maximum Gasteiger partial charge on any atom is 0.0900 e. The molecule has 3 heteroatoms. The van der Waals surface area contributed by atoms with Crippen molar-refractivity contribution in [3.63, 3.8) is 0 Å². The van der Waals surface area contributed by atoms with Crippen molar-refractivity contribution >= 4 is 6.08 Å². The minimum Gasteiger partial charge on any atom is -0.255 e. The van der Waals surface area contributed by atoms with Gasteiger partial charge in [-0.3, -0.25) is 9.97 Å². The Morgan fingerprint density at radius 1 is 0.615 bits per heavy atom. The van der Waals surface area contributed by atoms with Crippen LogP contribution >= 0.6 is 0 Å². The highest BCUT2D eigenvalue weighted by Crippen LogP contribution is 2.29. The molecule has 0 aliphatic heterocycles. The summed E-state index contributed by atoms with van der Waals surface area (Å²) < 4.78 is 0. The average molecular weight is 335 g/mol. The van der Waals surface area contributed by atoms with Gasteiger partial charge in [0.1, 0.15) is 0 Å². The van der Waals surface area contributed by atoms with E-state index in [0.29, 0.717) is 0 Å². The van der Waals surface area contributed by atoms with Crippen molar-refractivity contribution in [2.24, 2.45) is 0 Å². The third-order valence-corrected chi connectivity index (χ3v) is 4.14. The first-order chi connectivity index (χ1) is 12.8. The van der Waals surface area contributed by atoms with Crippen molar-refractivity contribution in [3.05, 3.63) is 97.3 Å². The zero-order chi connectivity index (χ0) is 17.8. The van der Waals surface area contributed by atoms with Crippen molar-refractivity contribution in [1.29, 1.82) is 0 Å². The molecule has 0 atom stereocenters. The number of hydrogen-bond donors (Lipinski definition) is 0. The fourth-order valence-electron chi connectivity index (χ4n) is 2.83.